The average Bonchev–Trinajstić information content (AvgIpc) is 2.43. The summed E-state index contributed by atoms with van der Waals surface area (Å²) < 4.78 is 13.1. The molecule has 0 unspecified atom stereocenters. The van der Waals surface area contributed by atoms with E-state index in [-0.39, 0.29) is 18.4 Å². The number of benzene rings is 2. The summed E-state index contributed by atoms with van der Waals surface area (Å²) in [6.07, 6.45) is 0.693. The quantitative estimate of drug-likeness (QED) is 0.757. The van der Waals surface area contributed by atoms with E-state index in [1.165, 1.54) is 12.1 Å². The third-order valence-electron chi connectivity index (χ3n) is 3.08. The van der Waals surface area contributed by atoms with Crippen LogP contribution in [0.15, 0.2) is 48.5 Å². The van der Waals surface area contributed by atoms with Crippen molar-refractivity contribution in [1.29, 1.82) is 0 Å². The maximum atomic E-state index is 13.1. The molecule has 2 aromatic carbocycles. The first-order valence-corrected chi connectivity index (χ1v) is 6.54. The number of halogens is 1. The third-order valence-corrected chi connectivity index (χ3v) is 3.08. The standard InChI is InChI=1S/C16H18FNO2/c17-14-6-13(8-16(20)9-14)10-18-15(11-19)7-12-4-2-1-3-5-12/h1-6,8-9,15,18-20H,7,10-11H2/t15-/m1/s1. The van der Waals surface area contributed by atoms with Crippen molar-refractivity contribution in [3.8, 4) is 5.75 Å². The summed E-state index contributed by atoms with van der Waals surface area (Å²) in [7, 11) is 0. The van der Waals surface area contributed by atoms with Crippen molar-refractivity contribution < 1.29 is 14.6 Å². The Kier molecular flexibility index (Phi) is 5.09. The van der Waals surface area contributed by atoms with Gasteiger partial charge in [-0.3, -0.25) is 0 Å². The zero-order valence-corrected chi connectivity index (χ0v) is 11.1. The summed E-state index contributed by atoms with van der Waals surface area (Å²) in [6.45, 7) is 0.388. The molecule has 2 rings (SSSR count). The Bertz CT molecular complexity index is 525. The van der Waals surface area contributed by atoms with Gasteiger partial charge in [0.2, 0.25) is 0 Å². The summed E-state index contributed by atoms with van der Waals surface area (Å²) in [5.74, 6) is -0.559. The van der Waals surface area contributed by atoms with Gasteiger partial charge in [-0.2, -0.15) is 0 Å². The van der Waals surface area contributed by atoms with Gasteiger partial charge in [-0.25, -0.2) is 4.39 Å². The van der Waals surface area contributed by atoms with Crippen molar-refractivity contribution in [3.63, 3.8) is 0 Å². The smallest absolute Gasteiger partial charge is 0.127 e. The molecule has 0 amide bonds. The maximum absolute atomic E-state index is 13.1. The molecule has 0 heterocycles. The topological polar surface area (TPSA) is 52.5 Å². The SMILES string of the molecule is OC[C@@H](Cc1ccccc1)NCc1cc(O)cc(F)c1. The molecule has 0 aliphatic carbocycles. The largest absolute Gasteiger partial charge is 0.508 e. The van der Waals surface area contributed by atoms with Crippen molar-refractivity contribution in [3.05, 3.63) is 65.5 Å². The average molecular weight is 275 g/mol. The first kappa shape index (κ1) is 14.5. The molecule has 0 aromatic heterocycles. The van der Waals surface area contributed by atoms with Gasteiger partial charge in [-0.05, 0) is 29.7 Å². The highest BCUT2D eigenvalue weighted by Crippen LogP contribution is 2.14. The predicted octanol–water partition coefficient (Wildman–Crippen LogP) is 2.22. The number of hydrogen-bond donors (Lipinski definition) is 3. The number of aromatic hydroxyl groups is 1. The minimum absolute atomic E-state index is 0.00378. The first-order chi connectivity index (χ1) is 9.67. The van der Waals surface area contributed by atoms with Gasteiger partial charge in [-0.1, -0.05) is 30.3 Å². The lowest BCUT2D eigenvalue weighted by atomic mass is 10.1. The molecule has 20 heavy (non-hydrogen) atoms. The normalized spacial score (nSPS) is 12.3. The van der Waals surface area contributed by atoms with E-state index in [4.69, 9.17) is 0 Å². The highest BCUT2D eigenvalue weighted by Gasteiger charge is 2.08. The van der Waals surface area contributed by atoms with Crippen LogP contribution in [0.3, 0.4) is 0 Å². The molecule has 106 valence electrons. The number of hydrogen-bond acceptors (Lipinski definition) is 3. The van der Waals surface area contributed by atoms with Crippen LogP contribution in [-0.4, -0.2) is 22.9 Å². The van der Waals surface area contributed by atoms with Crippen LogP contribution in [0.5, 0.6) is 5.75 Å². The second-order valence-corrected chi connectivity index (χ2v) is 4.77. The molecule has 0 saturated carbocycles. The molecule has 0 spiro atoms. The van der Waals surface area contributed by atoms with Gasteiger partial charge in [0, 0.05) is 18.7 Å². The number of aliphatic hydroxyl groups is 1. The number of nitrogens with one attached hydrogen (secondary N) is 1. The van der Waals surface area contributed by atoms with Crippen molar-refractivity contribution in [2.24, 2.45) is 0 Å². The van der Waals surface area contributed by atoms with Crippen LogP contribution >= 0.6 is 0 Å². The van der Waals surface area contributed by atoms with Gasteiger partial charge in [0.1, 0.15) is 11.6 Å². The lowest BCUT2D eigenvalue weighted by Gasteiger charge is -2.16. The molecule has 0 fully saturated rings. The highest BCUT2D eigenvalue weighted by atomic mass is 19.1. The molecule has 3 nitrogen and oxygen atoms in total. The van der Waals surface area contributed by atoms with E-state index in [1.54, 1.807) is 0 Å². The van der Waals surface area contributed by atoms with Crippen LogP contribution in [0.1, 0.15) is 11.1 Å². The van der Waals surface area contributed by atoms with E-state index in [0.29, 0.717) is 18.5 Å². The summed E-state index contributed by atoms with van der Waals surface area (Å²) in [4.78, 5) is 0. The molecule has 0 saturated heterocycles. The van der Waals surface area contributed by atoms with E-state index in [0.717, 1.165) is 11.6 Å². The monoisotopic (exact) mass is 275 g/mol. The lowest BCUT2D eigenvalue weighted by molar-refractivity contribution is 0.240. The minimum atomic E-state index is -0.467. The third kappa shape index (κ3) is 4.33. The second kappa shape index (κ2) is 7.03. The van der Waals surface area contributed by atoms with E-state index in [2.05, 4.69) is 5.32 Å². The number of phenols is 1. The molecule has 2 aromatic rings. The van der Waals surface area contributed by atoms with Gasteiger partial charge in [-0.15, -0.1) is 0 Å². The highest BCUT2D eigenvalue weighted by molar-refractivity contribution is 5.28. The fourth-order valence-corrected chi connectivity index (χ4v) is 2.10. The maximum Gasteiger partial charge on any atom is 0.127 e. The second-order valence-electron chi connectivity index (χ2n) is 4.77. The molecule has 3 N–H and O–H groups in total. The fraction of sp³-hybridized carbons (Fsp3) is 0.250. The zero-order chi connectivity index (χ0) is 14.4. The van der Waals surface area contributed by atoms with Gasteiger partial charge < -0.3 is 15.5 Å². The Morgan fingerprint density at radius 2 is 1.80 bits per heavy atom. The van der Waals surface area contributed by atoms with Crippen molar-refractivity contribution in [2.45, 2.75) is 19.0 Å². The molecule has 0 bridgehead atoms. The number of phenolic OH excluding ortho intramolecular Hbond substituents is 1. The minimum Gasteiger partial charge on any atom is -0.508 e. The van der Waals surface area contributed by atoms with E-state index in [9.17, 15) is 14.6 Å². The van der Waals surface area contributed by atoms with Crippen LogP contribution in [0.2, 0.25) is 0 Å². The summed E-state index contributed by atoms with van der Waals surface area (Å²) >= 11 is 0. The number of rotatable bonds is 6. The molecule has 0 aliphatic heterocycles. The van der Waals surface area contributed by atoms with Crippen molar-refractivity contribution in [1.82, 2.24) is 5.32 Å². The van der Waals surface area contributed by atoms with Crippen molar-refractivity contribution in [2.75, 3.05) is 6.61 Å². The van der Waals surface area contributed by atoms with Gasteiger partial charge >= 0.3 is 0 Å². The van der Waals surface area contributed by atoms with Crippen LogP contribution in [0.25, 0.3) is 0 Å². The Hall–Kier alpha value is -1.91. The van der Waals surface area contributed by atoms with Crippen LogP contribution in [0.4, 0.5) is 4.39 Å². The Labute approximate surface area is 117 Å². The van der Waals surface area contributed by atoms with Gasteiger partial charge in [0.25, 0.3) is 0 Å². The van der Waals surface area contributed by atoms with Crippen LogP contribution in [-0.2, 0) is 13.0 Å². The molecule has 1 atom stereocenters. The van der Waals surface area contributed by atoms with Crippen LogP contribution < -0.4 is 5.32 Å². The molecule has 4 heteroatoms. The van der Waals surface area contributed by atoms with E-state index >= 15 is 0 Å². The Balaban J connectivity index is 1.93. The summed E-state index contributed by atoms with van der Waals surface area (Å²) in [6, 6.07) is 13.7. The van der Waals surface area contributed by atoms with Gasteiger partial charge in [0.15, 0.2) is 0 Å². The molecular formula is C16H18FNO2. The summed E-state index contributed by atoms with van der Waals surface area (Å²) in [5.41, 5.74) is 1.77. The Morgan fingerprint density at radius 1 is 1.05 bits per heavy atom. The van der Waals surface area contributed by atoms with E-state index < -0.39 is 5.82 Å². The van der Waals surface area contributed by atoms with Gasteiger partial charge in [0.05, 0.1) is 6.61 Å². The zero-order valence-electron chi connectivity index (χ0n) is 11.1. The van der Waals surface area contributed by atoms with Crippen LogP contribution in [0, 0.1) is 5.82 Å². The fourth-order valence-electron chi connectivity index (χ4n) is 2.10. The lowest BCUT2D eigenvalue weighted by Crippen LogP contribution is -2.34. The molecule has 0 aliphatic rings. The number of aliphatic hydroxyl groups excluding tert-OH is 1. The molecule has 0 radical (unpaired) electrons. The predicted molar refractivity (Wildman–Crippen MR) is 75.9 cm³/mol. The Morgan fingerprint density at radius 3 is 2.45 bits per heavy atom. The van der Waals surface area contributed by atoms with E-state index in [1.807, 2.05) is 30.3 Å². The molecular weight excluding hydrogens is 257 g/mol. The summed E-state index contributed by atoms with van der Waals surface area (Å²) in [5, 5.41) is 21.9. The first-order valence-electron chi connectivity index (χ1n) is 6.54. The van der Waals surface area contributed by atoms with Crippen molar-refractivity contribution >= 4 is 0 Å².